The molecule has 2 nitrogen and oxygen atoms in total. The fraction of sp³-hybridized carbons (Fsp3) is 0.538. The average Bonchev–Trinajstić information content (AvgIpc) is 2.17. The highest BCUT2D eigenvalue weighted by Gasteiger charge is 2.21. The summed E-state index contributed by atoms with van der Waals surface area (Å²) >= 11 is 0. The molecule has 0 fully saturated rings. The van der Waals surface area contributed by atoms with Crippen LogP contribution < -0.4 is 0 Å². The molecule has 0 amide bonds. The van der Waals surface area contributed by atoms with Gasteiger partial charge in [-0.2, -0.15) is 10.5 Å². The highest BCUT2D eigenvalue weighted by atomic mass is 14.3. The van der Waals surface area contributed by atoms with Gasteiger partial charge in [0.15, 0.2) is 0 Å². The topological polar surface area (TPSA) is 47.6 Å². The van der Waals surface area contributed by atoms with Crippen molar-refractivity contribution in [1.82, 2.24) is 0 Å². The van der Waals surface area contributed by atoms with Crippen LogP contribution in [0.3, 0.4) is 0 Å². The van der Waals surface area contributed by atoms with Gasteiger partial charge in [0.05, 0.1) is 11.1 Å². The van der Waals surface area contributed by atoms with Crippen LogP contribution in [-0.4, -0.2) is 0 Å². The Bertz CT molecular complexity index is 357. The van der Waals surface area contributed by atoms with Gasteiger partial charge in [0.2, 0.25) is 0 Å². The van der Waals surface area contributed by atoms with Crippen LogP contribution in [-0.2, 0) is 0 Å². The number of nitrogens with zero attached hydrogens (tertiary/aromatic N) is 2. The normalized spacial score (nSPS) is 13.6. The summed E-state index contributed by atoms with van der Waals surface area (Å²) < 4.78 is 0. The SMILES string of the molecule is C/C=C(C#N)\C(C#N)=C/C(C)(C)C(C)C. The maximum Gasteiger partial charge on any atom is 0.100 e. The molecular weight excluding hydrogens is 184 g/mol. The molecule has 0 saturated heterocycles. The fourth-order valence-corrected chi connectivity index (χ4v) is 0.989. The van der Waals surface area contributed by atoms with Crippen molar-refractivity contribution in [2.45, 2.75) is 34.6 Å². The lowest BCUT2D eigenvalue weighted by molar-refractivity contribution is 0.332. The van der Waals surface area contributed by atoms with Crippen LogP contribution in [0, 0.1) is 34.0 Å². The van der Waals surface area contributed by atoms with E-state index in [9.17, 15) is 0 Å². The van der Waals surface area contributed by atoms with Crippen LogP contribution in [0.25, 0.3) is 0 Å². The van der Waals surface area contributed by atoms with Crippen molar-refractivity contribution in [2.75, 3.05) is 0 Å². The van der Waals surface area contributed by atoms with Crippen molar-refractivity contribution >= 4 is 0 Å². The van der Waals surface area contributed by atoms with E-state index in [-0.39, 0.29) is 5.41 Å². The Labute approximate surface area is 92.5 Å². The standard InChI is InChI=1S/C13H18N2/c1-6-11(8-14)12(9-15)7-13(4,5)10(2)3/h6-7,10H,1-5H3/b11-6-,12-7-. The maximum atomic E-state index is 8.99. The Morgan fingerprint density at radius 2 is 1.60 bits per heavy atom. The Morgan fingerprint density at radius 3 is 1.87 bits per heavy atom. The molecule has 0 aliphatic carbocycles. The minimum Gasteiger partial charge on any atom is -0.192 e. The molecule has 0 saturated carbocycles. The molecule has 0 aliphatic rings. The van der Waals surface area contributed by atoms with Crippen molar-refractivity contribution < 1.29 is 0 Å². The molecule has 0 N–H and O–H groups in total. The number of nitriles is 2. The highest BCUT2D eigenvalue weighted by molar-refractivity contribution is 5.50. The fourth-order valence-electron chi connectivity index (χ4n) is 0.989. The van der Waals surface area contributed by atoms with Crippen molar-refractivity contribution in [2.24, 2.45) is 11.3 Å². The number of hydrogen-bond acceptors (Lipinski definition) is 2. The van der Waals surface area contributed by atoms with E-state index in [1.165, 1.54) is 0 Å². The molecule has 0 bridgehead atoms. The van der Waals surface area contributed by atoms with Crippen LogP contribution in [0.4, 0.5) is 0 Å². The minimum atomic E-state index is -0.0732. The third-order valence-electron chi connectivity index (χ3n) is 2.82. The molecule has 0 aromatic heterocycles. The monoisotopic (exact) mass is 202 g/mol. The Kier molecular flexibility index (Phi) is 4.82. The lowest BCUT2D eigenvalue weighted by Gasteiger charge is -2.25. The van der Waals surface area contributed by atoms with E-state index in [1.54, 1.807) is 13.0 Å². The van der Waals surface area contributed by atoms with Gasteiger partial charge in [-0.05, 0) is 18.3 Å². The van der Waals surface area contributed by atoms with Gasteiger partial charge in [0, 0.05) is 0 Å². The van der Waals surface area contributed by atoms with Crippen LogP contribution >= 0.6 is 0 Å². The Morgan fingerprint density at radius 1 is 1.13 bits per heavy atom. The quantitative estimate of drug-likeness (QED) is 0.518. The summed E-state index contributed by atoms with van der Waals surface area (Å²) in [5, 5.41) is 17.8. The zero-order chi connectivity index (χ0) is 12.1. The first-order valence-electron chi connectivity index (χ1n) is 5.08. The zero-order valence-corrected chi connectivity index (χ0v) is 10.1. The molecule has 0 atom stereocenters. The second kappa shape index (κ2) is 5.37. The van der Waals surface area contributed by atoms with Crippen molar-refractivity contribution in [3.05, 3.63) is 23.3 Å². The van der Waals surface area contributed by atoms with Crippen LogP contribution in [0.1, 0.15) is 34.6 Å². The van der Waals surface area contributed by atoms with Gasteiger partial charge in [-0.1, -0.05) is 39.8 Å². The highest BCUT2D eigenvalue weighted by Crippen LogP contribution is 2.30. The zero-order valence-electron chi connectivity index (χ0n) is 10.1. The average molecular weight is 202 g/mol. The molecule has 0 aliphatic heterocycles. The lowest BCUT2D eigenvalue weighted by atomic mass is 9.79. The van der Waals surface area contributed by atoms with Crippen LogP contribution in [0.2, 0.25) is 0 Å². The van der Waals surface area contributed by atoms with E-state index in [1.807, 2.05) is 12.1 Å². The molecule has 0 rings (SSSR count). The summed E-state index contributed by atoms with van der Waals surface area (Å²) in [5.41, 5.74) is 0.848. The minimum absolute atomic E-state index is 0.0732. The summed E-state index contributed by atoms with van der Waals surface area (Å²) in [5.74, 6) is 0.428. The molecule has 80 valence electrons. The molecular formula is C13H18N2. The number of hydrogen-bond donors (Lipinski definition) is 0. The van der Waals surface area contributed by atoms with E-state index in [0.717, 1.165) is 0 Å². The summed E-state index contributed by atoms with van der Waals surface area (Å²) in [4.78, 5) is 0. The van der Waals surface area contributed by atoms with Crippen molar-refractivity contribution in [1.29, 1.82) is 10.5 Å². The number of rotatable bonds is 3. The van der Waals surface area contributed by atoms with E-state index in [4.69, 9.17) is 10.5 Å². The van der Waals surface area contributed by atoms with Crippen LogP contribution in [0.15, 0.2) is 23.3 Å². The molecule has 0 spiro atoms. The van der Waals surface area contributed by atoms with E-state index >= 15 is 0 Å². The summed E-state index contributed by atoms with van der Waals surface area (Å²) in [6.45, 7) is 10.1. The van der Waals surface area contributed by atoms with Gasteiger partial charge >= 0.3 is 0 Å². The van der Waals surface area contributed by atoms with E-state index in [2.05, 4.69) is 33.8 Å². The molecule has 0 aromatic carbocycles. The first-order valence-corrected chi connectivity index (χ1v) is 5.08. The predicted molar refractivity (Wildman–Crippen MR) is 61.7 cm³/mol. The first-order chi connectivity index (χ1) is 6.88. The summed E-state index contributed by atoms with van der Waals surface area (Å²) in [7, 11) is 0. The van der Waals surface area contributed by atoms with E-state index < -0.39 is 0 Å². The number of allylic oxidation sites excluding steroid dienone is 4. The Hall–Kier alpha value is -1.54. The molecule has 15 heavy (non-hydrogen) atoms. The van der Waals surface area contributed by atoms with Gasteiger partial charge < -0.3 is 0 Å². The van der Waals surface area contributed by atoms with Gasteiger partial charge in [-0.3, -0.25) is 0 Å². The van der Waals surface area contributed by atoms with Gasteiger partial charge in [-0.15, -0.1) is 0 Å². The smallest absolute Gasteiger partial charge is 0.100 e. The van der Waals surface area contributed by atoms with Crippen LogP contribution in [0.5, 0.6) is 0 Å². The predicted octanol–water partition coefficient (Wildman–Crippen LogP) is 3.59. The molecule has 2 heteroatoms. The second-order valence-corrected chi connectivity index (χ2v) is 4.46. The largest absolute Gasteiger partial charge is 0.192 e. The van der Waals surface area contributed by atoms with Gasteiger partial charge in [-0.25, -0.2) is 0 Å². The van der Waals surface area contributed by atoms with Gasteiger partial charge in [0.25, 0.3) is 0 Å². The lowest BCUT2D eigenvalue weighted by Crippen LogP contribution is -2.16. The van der Waals surface area contributed by atoms with Crippen molar-refractivity contribution in [3.63, 3.8) is 0 Å². The molecule has 0 aromatic rings. The Balaban J connectivity index is 5.28. The summed E-state index contributed by atoms with van der Waals surface area (Å²) in [6.07, 6.45) is 3.56. The maximum absolute atomic E-state index is 8.99. The van der Waals surface area contributed by atoms with Crippen molar-refractivity contribution in [3.8, 4) is 12.1 Å². The first kappa shape index (κ1) is 13.5. The summed E-state index contributed by atoms with van der Waals surface area (Å²) in [6, 6.07) is 4.12. The van der Waals surface area contributed by atoms with Gasteiger partial charge in [0.1, 0.15) is 12.1 Å². The third kappa shape index (κ3) is 3.60. The molecule has 0 unspecified atom stereocenters. The second-order valence-electron chi connectivity index (χ2n) is 4.46. The third-order valence-corrected chi connectivity index (χ3v) is 2.82. The molecule has 0 heterocycles. The molecule has 0 radical (unpaired) electrons. The van der Waals surface area contributed by atoms with E-state index in [0.29, 0.717) is 17.1 Å².